The molecule has 2 aromatic rings. The average Bonchev–Trinajstić information content (AvgIpc) is 2.80. The molecule has 96 valence electrons. The van der Waals surface area contributed by atoms with E-state index in [9.17, 15) is 4.39 Å². The van der Waals surface area contributed by atoms with Gasteiger partial charge in [0.25, 0.3) is 0 Å². The first-order chi connectivity index (χ1) is 8.63. The third kappa shape index (κ3) is 2.41. The van der Waals surface area contributed by atoms with Crippen molar-refractivity contribution in [2.24, 2.45) is 5.73 Å². The molecule has 0 fully saturated rings. The molecule has 1 aromatic carbocycles. The lowest BCUT2D eigenvalue weighted by molar-refractivity contribution is 0.533. The smallest absolute Gasteiger partial charge is 0.128 e. The largest absolute Gasteiger partial charge is 0.319 e. The fraction of sp³-hybridized carbons (Fsp3) is 0.385. The second-order valence-electron chi connectivity index (χ2n) is 4.38. The monoisotopic (exact) mass is 248 g/mol. The van der Waals surface area contributed by atoms with Crippen LogP contribution >= 0.6 is 0 Å². The zero-order valence-corrected chi connectivity index (χ0v) is 10.6. The molecular weight excluding hydrogens is 231 g/mol. The molecule has 5 heteroatoms. The van der Waals surface area contributed by atoms with Crippen LogP contribution in [0.15, 0.2) is 24.4 Å². The summed E-state index contributed by atoms with van der Waals surface area (Å²) in [6, 6.07) is 4.40. The highest BCUT2D eigenvalue weighted by atomic mass is 19.1. The molecule has 2 N–H and O–H groups in total. The molecule has 18 heavy (non-hydrogen) atoms. The van der Waals surface area contributed by atoms with Crippen molar-refractivity contribution < 1.29 is 4.39 Å². The maximum absolute atomic E-state index is 13.8. The van der Waals surface area contributed by atoms with Gasteiger partial charge in [-0.2, -0.15) is 0 Å². The van der Waals surface area contributed by atoms with Gasteiger partial charge in [0.05, 0.1) is 17.9 Å². The Hall–Kier alpha value is -1.75. The van der Waals surface area contributed by atoms with E-state index >= 15 is 0 Å². The summed E-state index contributed by atoms with van der Waals surface area (Å²) in [6.07, 6.45) is 2.53. The summed E-state index contributed by atoms with van der Waals surface area (Å²) in [4.78, 5) is 0. The highest BCUT2D eigenvalue weighted by molar-refractivity contribution is 5.31. The number of benzene rings is 1. The molecule has 0 saturated carbocycles. The molecule has 1 aromatic heterocycles. The topological polar surface area (TPSA) is 56.7 Å². The molecule has 0 radical (unpaired) electrons. The second-order valence-corrected chi connectivity index (χ2v) is 4.38. The standard InChI is InChI=1S/C13H17FN4/c1-3-6-18-12(8-16-17-18)13(15)10-7-9(2)4-5-11(10)14/h4-5,7-8,13H,3,6,15H2,1-2H3. The Labute approximate surface area is 106 Å². The van der Waals surface area contributed by atoms with Gasteiger partial charge in [-0.25, -0.2) is 9.07 Å². The Morgan fingerprint density at radius 1 is 1.44 bits per heavy atom. The zero-order chi connectivity index (χ0) is 13.1. The summed E-state index contributed by atoms with van der Waals surface area (Å²) < 4.78 is 15.5. The van der Waals surface area contributed by atoms with Crippen LogP contribution in [-0.4, -0.2) is 15.0 Å². The predicted octanol–water partition coefficient (Wildman–Crippen LogP) is 2.18. The molecule has 0 aliphatic carbocycles. The average molecular weight is 248 g/mol. The first kappa shape index (κ1) is 12.7. The molecule has 1 unspecified atom stereocenters. The number of hydrogen-bond acceptors (Lipinski definition) is 3. The van der Waals surface area contributed by atoms with Crippen LogP contribution in [0.1, 0.15) is 36.2 Å². The van der Waals surface area contributed by atoms with Gasteiger partial charge >= 0.3 is 0 Å². The molecule has 1 heterocycles. The summed E-state index contributed by atoms with van der Waals surface area (Å²) in [5.41, 5.74) is 8.32. The second kappa shape index (κ2) is 5.27. The third-order valence-electron chi connectivity index (χ3n) is 2.89. The first-order valence-corrected chi connectivity index (χ1v) is 6.03. The Kier molecular flexibility index (Phi) is 3.72. The van der Waals surface area contributed by atoms with Crippen molar-refractivity contribution in [3.8, 4) is 0 Å². The van der Waals surface area contributed by atoms with E-state index in [0.717, 1.165) is 24.2 Å². The van der Waals surface area contributed by atoms with E-state index in [1.54, 1.807) is 23.0 Å². The van der Waals surface area contributed by atoms with Gasteiger partial charge < -0.3 is 5.73 Å². The van der Waals surface area contributed by atoms with Crippen LogP contribution in [0, 0.1) is 12.7 Å². The number of aromatic nitrogens is 3. The predicted molar refractivity (Wildman–Crippen MR) is 67.5 cm³/mol. The Bertz CT molecular complexity index is 536. The van der Waals surface area contributed by atoms with Gasteiger partial charge in [-0.15, -0.1) is 5.10 Å². The summed E-state index contributed by atoms with van der Waals surface area (Å²) in [5.74, 6) is -0.294. The summed E-state index contributed by atoms with van der Waals surface area (Å²) >= 11 is 0. The lowest BCUT2D eigenvalue weighted by Gasteiger charge is -2.14. The van der Waals surface area contributed by atoms with E-state index in [1.807, 2.05) is 13.8 Å². The molecule has 0 spiro atoms. The van der Waals surface area contributed by atoms with Crippen molar-refractivity contribution in [3.63, 3.8) is 0 Å². The molecule has 4 nitrogen and oxygen atoms in total. The number of aryl methyl sites for hydroxylation is 2. The summed E-state index contributed by atoms with van der Waals surface area (Å²) in [5, 5.41) is 7.82. The van der Waals surface area contributed by atoms with Crippen LogP contribution in [-0.2, 0) is 6.54 Å². The molecule has 1 atom stereocenters. The Balaban J connectivity index is 2.38. The molecule has 0 amide bonds. The number of nitrogens with zero attached hydrogens (tertiary/aromatic N) is 3. The Morgan fingerprint density at radius 3 is 2.94 bits per heavy atom. The van der Waals surface area contributed by atoms with Crippen molar-refractivity contribution in [1.29, 1.82) is 0 Å². The SMILES string of the molecule is CCCn1nncc1C(N)c1cc(C)ccc1F. The van der Waals surface area contributed by atoms with Crippen molar-refractivity contribution in [2.45, 2.75) is 32.9 Å². The van der Waals surface area contributed by atoms with E-state index in [4.69, 9.17) is 5.73 Å². The van der Waals surface area contributed by atoms with E-state index in [-0.39, 0.29) is 5.82 Å². The first-order valence-electron chi connectivity index (χ1n) is 6.03. The fourth-order valence-corrected chi connectivity index (χ4v) is 1.95. The molecule has 0 aliphatic rings. The van der Waals surface area contributed by atoms with Gasteiger partial charge in [0.15, 0.2) is 0 Å². The van der Waals surface area contributed by atoms with Crippen LogP contribution < -0.4 is 5.73 Å². The normalized spacial score (nSPS) is 12.7. The summed E-state index contributed by atoms with van der Waals surface area (Å²) in [6.45, 7) is 4.69. The van der Waals surface area contributed by atoms with Crippen molar-refractivity contribution in [1.82, 2.24) is 15.0 Å². The van der Waals surface area contributed by atoms with Crippen LogP contribution in [0.3, 0.4) is 0 Å². The van der Waals surface area contributed by atoms with Crippen molar-refractivity contribution in [3.05, 3.63) is 47.0 Å². The molecule has 0 saturated heterocycles. The minimum Gasteiger partial charge on any atom is -0.319 e. The number of hydrogen-bond donors (Lipinski definition) is 1. The summed E-state index contributed by atoms with van der Waals surface area (Å²) in [7, 11) is 0. The van der Waals surface area contributed by atoms with Crippen LogP contribution in [0.2, 0.25) is 0 Å². The highest BCUT2D eigenvalue weighted by Crippen LogP contribution is 2.22. The molecule has 0 bridgehead atoms. The van der Waals surface area contributed by atoms with Gasteiger partial charge in [0.2, 0.25) is 0 Å². The molecule has 0 aliphatic heterocycles. The zero-order valence-electron chi connectivity index (χ0n) is 10.6. The van der Waals surface area contributed by atoms with Gasteiger partial charge in [0.1, 0.15) is 5.82 Å². The van der Waals surface area contributed by atoms with E-state index < -0.39 is 6.04 Å². The van der Waals surface area contributed by atoms with Gasteiger partial charge in [-0.05, 0) is 19.4 Å². The van der Waals surface area contributed by atoms with Crippen molar-refractivity contribution >= 4 is 0 Å². The highest BCUT2D eigenvalue weighted by Gasteiger charge is 2.18. The fourth-order valence-electron chi connectivity index (χ4n) is 1.95. The van der Waals surface area contributed by atoms with Crippen LogP contribution in [0.5, 0.6) is 0 Å². The quantitative estimate of drug-likeness (QED) is 0.902. The Morgan fingerprint density at radius 2 is 2.22 bits per heavy atom. The van der Waals surface area contributed by atoms with E-state index in [0.29, 0.717) is 5.56 Å². The van der Waals surface area contributed by atoms with Crippen LogP contribution in [0.4, 0.5) is 4.39 Å². The minimum absolute atomic E-state index is 0.294. The third-order valence-corrected chi connectivity index (χ3v) is 2.89. The van der Waals surface area contributed by atoms with Gasteiger partial charge in [-0.3, -0.25) is 0 Å². The lowest BCUT2D eigenvalue weighted by atomic mass is 10.0. The van der Waals surface area contributed by atoms with E-state index in [2.05, 4.69) is 10.3 Å². The lowest BCUT2D eigenvalue weighted by Crippen LogP contribution is -2.19. The minimum atomic E-state index is -0.536. The number of halogens is 1. The van der Waals surface area contributed by atoms with Crippen LogP contribution in [0.25, 0.3) is 0 Å². The number of nitrogens with two attached hydrogens (primary N) is 1. The van der Waals surface area contributed by atoms with Crippen molar-refractivity contribution in [2.75, 3.05) is 0 Å². The maximum atomic E-state index is 13.8. The van der Waals surface area contributed by atoms with E-state index in [1.165, 1.54) is 6.07 Å². The van der Waals surface area contributed by atoms with Gasteiger partial charge in [-0.1, -0.05) is 29.8 Å². The van der Waals surface area contributed by atoms with Gasteiger partial charge in [0, 0.05) is 12.1 Å². The molecular formula is C13H17FN4. The molecule has 2 rings (SSSR count). The number of rotatable bonds is 4. The maximum Gasteiger partial charge on any atom is 0.128 e.